The Labute approximate surface area is 76.1 Å². The Kier molecular flexibility index (Phi) is 1.61. The van der Waals surface area contributed by atoms with Crippen LogP contribution in [0.25, 0.3) is 0 Å². The Morgan fingerprint density at radius 1 is 1.17 bits per heavy atom. The largest absolute Gasteiger partial charge is 0.309 e. The molecule has 0 saturated heterocycles. The van der Waals surface area contributed by atoms with Gasteiger partial charge in [-0.15, -0.1) is 0 Å². The van der Waals surface area contributed by atoms with Crippen LogP contribution < -0.4 is 0 Å². The third-order valence-corrected chi connectivity index (χ3v) is 4.06. The van der Waals surface area contributed by atoms with Crippen LogP contribution in [-0.4, -0.2) is 25.5 Å². The Hall–Kier alpha value is -0.0400. The van der Waals surface area contributed by atoms with Gasteiger partial charge in [-0.05, 0) is 50.1 Å². The molecule has 0 aromatic rings. The van der Waals surface area contributed by atoms with Crippen LogP contribution in [0.2, 0.25) is 0 Å². The third kappa shape index (κ3) is 0.953. The van der Waals surface area contributed by atoms with Crippen molar-refractivity contribution in [1.82, 2.24) is 4.90 Å². The van der Waals surface area contributed by atoms with Crippen LogP contribution in [0.1, 0.15) is 33.1 Å². The van der Waals surface area contributed by atoms with Crippen molar-refractivity contribution in [3.05, 3.63) is 0 Å². The molecule has 0 heterocycles. The van der Waals surface area contributed by atoms with E-state index in [4.69, 9.17) is 0 Å². The molecule has 3 aliphatic carbocycles. The molecule has 3 aliphatic rings. The predicted octanol–water partition coefficient (Wildman–Crippen LogP) is 2.37. The smallest absolute Gasteiger partial charge is 0.00325 e. The molecule has 3 rings (SSSR count). The minimum atomic E-state index is 0.758. The third-order valence-electron chi connectivity index (χ3n) is 4.06. The summed E-state index contributed by atoms with van der Waals surface area (Å²) in [4.78, 5) is 2.35. The SMILES string of the molecule is CC(C)C12CC(CN(C)C)(C1)C2. The van der Waals surface area contributed by atoms with Gasteiger partial charge in [-0.2, -0.15) is 0 Å². The lowest BCUT2D eigenvalue weighted by Gasteiger charge is -2.73. The van der Waals surface area contributed by atoms with Crippen molar-refractivity contribution in [2.45, 2.75) is 33.1 Å². The molecule has 0 N–H and O–H groups in total. The summed E-state index contributed by atoms with van der Waals surface area (Å²) in [6, 6.07) is 0. The van der Waals surface area contributed by atoms with Gasteiger partial charge in [0.2, 0.25) is 0 Å². The summed E-state index contributed by atoms with van der Waals surface area (Å²) < 4.78 is 0. The van der Waals surface area contributed by atoms with Gasteiger partial charge in [0.05, 0.1) is 0 Å². The summed E-state index contributed by atoms with van der Waals surface area (Å²) >= 11 is 0. The first kappa shape index (κ1) is 8.55. The van der Waals surface area contributed by atoms with Gasteiger partial charge in [-0.25, -0.2) is 0 Å². The topological polar surface area (TPSA) is 3.24 Å². The molecule has 2 bridgehead atoms. The lowest BCUT2D eigenvalue weighted by molar-refractivity contribution is -0.234. The predicted molar refractivity (Wildman–Crippen MR) is 52.1 cm³/mol. The zero-order valence-corrected chi connectivity index (χ0v) is 8.85. The van der Waals surface area contributed by atoms with Crippen LogP contribution in [-0.2, 0) is 0 Å². The highest BCUT2D eigenvalue weighted by Gasteiger charge is 2.68. The summed E-state index contributed by atoms with van der Waals surface area (Å²) in [6.07, 6.45) is 4.53. The molecule has 0 amide bonds. The van der Waals surface area contributed by atoms with E-state index in [9.17, 15) is 0 Å². The van der Waals surface area contributed by atoms with E-state index >= 15 is 0 Å². The molecular formula is C11H21N. The average Bonchev–Trinajstić information content (AvgIpc) is 1.72. The van der Waals surface area contributed by atoms with Crippen LogP contribution in [0.15, 0.2) is 0 Å². The normalized spacial score (nSPS) is 44.5. The fourth-order valence-corrected chi connectivity index (χ4v) is 3.54. The van der Waals surface area contributed by atoms with Crippen molar-refractivity contribution in [2.75, 3.05) is 20.6 Å². The Bertz CT molecular complexity index is 173. The highest BCUT2D eigenvalue weighted by atomic mass is 15.1. The zero-order chi connectivity index (χ0) is 8.98. The van der Waals surface area contributed by atoms with E-state index in [0.29, 0.717) is 0 Å². The van der Waals surface area contributed by atoms with Gasteiger partial charge in [-0.3, -0.25) is 0 Å². The van der Waals surface area contributed by atoms with Crippen molar-refractivity contribution in [3.8, 4) is 0 Å². The van der Waals surface area contributed by atoms with E-state index in [1.807, 2.05) is 0 Å². The van der Waals surface area contributed by atoms with E-state index in [1.54, 1.807) is 0 Å². The van der Waals surface area contributed by atoms with Gasteiger partial charge in [0.1, 0.15) is 0 Å². The molecule has 1 heteroatoms. The van der Waals surface area contributed by atoms with Crippen molar-refractivity contribution in [1.29, 1.82) is 0 Å². The van der Waals surface area contributed by atoms with Crippen LogP contribution >= 0.6 is 0 Å². The van der Waals surface area contributed by atoms with E-state index in [-0.39, 0.29) is 0 Å². The highest BCUT2D eigenvalue weighted by molar-refractivity contribution is 5.18. The first-order chi connectivity index (χ1) is 5.48. The minimum Gasteiger partial charge on any atom is -0.309 e. The molecule has 0 radical (unpaired) electrons. The molecule has 0 spiro atoms. The van der Waals surface area contributed by atoms with E-state index in [1.165, 1.54) is 25.8 Å². The van der Waals surface area contributed by atoms with Crippen molar-refractivity contribution in [3.63, 3.8) is 0 Å². The summed E-state index contributed by atoms with van der Waals surface area (Å²) in [6.45, 7) is 6.10. The molecule has 12 heavy (non-hydrogen) atoms. The van der Waals surface area contributed by atoms with Gasteiger partial charge in [0, 0.05) is 6.54 Å². The molecule has 70 valence electrons. The number of hydrogen-bond acceptors (Lipinski definition) is 1. The molecule has 0 atom stereocenters. The Balaban J connectivity index is 1.87. The van der Waals surface area contributed by atoms with Crippen molar-refractivity contribution in [2.24, 2.45) is 16.7 Å². The van der Waals surface area contributed by atoms with Crippen molar-refractivity contribution >= 4 is 0 Å². The number of rotatable bonds is 3. The first-order valence-corrected chi connectivity index (χ1v) is 5.13. The maximum absolute atomic E-state index is 2.39. The zero-order valence-electron chi connectivity index (χ0n) is 8.85. The summed E-state index contributed by atoms with van der Waals surface area (Å²) in [5, 5.41) is 0. The fourth-order valence-electron chi connectivity index (χ4n) is 3.54. The van der Waals surface area contributed by atoms with Crippen LogP contribution in [0, 0.1) is 16.7 Å². The average molecular weight is 167 g/mol. The molecule has 3 fully saturated rings. The van der Waals surface area contributed by atoms with Gasteiger partial charge in [0.15, 0.2) is 0 Å². The summed E-state index contributed by atoms with van der Waals surface area (Å²) in [7, 11) is 4.39. The van der Waals surface area contributed by atoms with Crippen LogP contribution in [0.5, 0.6) is 0 Å². The second kappa shape index (κ2) is 2.25. The second-order valence-electron chi connectivity index (χ2n) is 5.79. The molecule has 0 aliphatic heterocycles. The van der Waals surface area contributed by atoms with Crippen molar-refractivity contribution < 1.29 is 0 Å². The quantitative estimate of drug-likeness (QED) is 0.624. The van der Waals surface area contributed by atoms with Gasteiger partial charge in [-0.1, -0.05) is 13.8 Å². The molecule has 0 aromatic heterocycles. The fraction of sp³-hybridized carbons (Fsp3) is 1.00. The first-order valence-electron chi connectivity index (χ1n) is 5.13. The molecular weight excluding hydrogens is 146 g/mol. The van der Waals surface area contributed by atoms with Crippen LogP contribution in [0.3, 0.4) is 0 Å². The standard InChI is InChI=1S/C11H21N/c1-9(2)11-5-10(6-11,7-11)8-12(3)4/h9H,5-8H2,1-4H3. The maximum Gasteiger partial charge on any atom is 0.00325 e. The lowest BCUT2D eigenvalue weighted by atomic mass is 9.32. The Morgan fingerprint density at radius 2 is 1.67 bits per heavy atom. The number of hydrogen-bond donors (Lipinski definition) is 0. The molecule has 0 unspecified atom stereocenters. The minimum absolute atomic E-state index is 0.758. The molecule has 3 saturated carbocycles. The molecule has 0 aromatic carbocycles. The highest BCUT2D eigenvalue weighted by Crippen LogP contribution is 2.76. The summed E-state index contributed by atoms with van der Waals surface area (Å²) in [5.41, 5.74) is 1.55. The van der Waals surface area contributed by atoms with E-state index in [0.717, 1.165) is 16.7 Å². The van der Waals surface area contributed by atoms with E-state index in [2.05, 4.69) is 32.8 Å². The second-order valence-corrected chi connectivity index (χ2v) is 5.79. The number of nitrogens with zero attached hydrogens (tertiary/aromatic N) is 1. The lowest BCUT2D eigenvalue weighted by Crippen LogP contribution is -2.66. The monoisotopic (exact) mass is 167 g/mol. The summed E-state index contributed by atoms with van der Waals surface area (Å²) in [5.74, 6) is 0.918. The maximum atomic E-state index is 2.39. The van der Waals surface area contributed by atoms with E-state index < -0.39 is 0 Å². The molecule has 1 nitrogen and oxygen atoms in total. The van der Waals surface area contributed by atoms with Gasteiger partial charge in [0.25, 0.3) is 0 Å². The van der Waals surface area contributed by atoms with Gasteiger partial charge < -0.3 is 4.90 Å². The van der Waals surface area contributed by atoms with Gasteiger partial charge >= 0.3 is 0 Å². The Morgan fingerprint density at radius 3 is 2.00 bits per heavy atom. The van der Waals surface area contributed by atoms with Crippen LogP contribution in [0.4, 0.5) is 0 Å².